The smallest absolute Gasteiger partial charge is 0.135 e. The molecule has 9 rings (SSSR count). The van der Waals surface area contributed by atoms with Crippen LogP contribution in [0.5, 0.6) is 11.5 Å². The molecule has 6 nitrogen and oxygen atoms in total. The number of pyridine rings is 2. The van der Waals surface area contributed by atoms with Crippen molar-refractivity contribution in [2.75, 3.05) is 9.80 Å². The summed E-state index contributed by atoms with van der Waals surface area (Å²) in [7, 11) is 0. The molecule has 0 saturated heterocycles. The maximum atomic E-state index is 6.57. The predicted molar refractivity (Wildman–Crippen MR) is 225 cm³/mol. The third-order valence-corrected chi connectivity index (χ3v) is 10.4. The summed E-state index contributed by atoms with van der Waals surface area (Å²) >= 11 is 0. The second-order valence-electron chi connectivity index (χ2n) is 16.2. The Morgan fingerprint density at radius 2 is 1.32 bits per heavy atom. The van der Waals surface area contributed by atoms with E-state index in [2.05, 4.69) is 177 Å². The summed E-state index contributed by atoms with van der Waals surface area (Å²) in [6.45, 7) is 15.6. The van der Waals surface area contributed by atoms with Crippen LogP contribution in [0, 0.1) is 18.8 Å². The fraction of sp³-hybridized carbons (Fsp3) is 0.163. The maximum Gasteiger partial charge on any atom is 0.135 e. The number of fused-ring (bicyclic) bond motifs is 4. The van der Waals surface area contributed by atoms with Crippen LogP contribution in [0.4, 0.5) is 22.7 Å². The predicted octanol–water partition coefficient (Wildman–Crippen LogP) is 12.6. The SMILES string of the molecule is CC(C)(C)c1ccnc(-n2c3[c-]c(Oc4[c-]c(N5[CH-]N(c6cc(C(C)(C)C)ccc6-c6ccccc6)c6ccccc65)ccc4)ccc3c3ccncc32)c1.[Pt]. The molecule has 0 bridgehead atoms. The minimum Gasteiger partial charge on any atom is -0.509 e. The first-order chi connectivity index (χ1) is 26.5. The van der Waals surface area contributed by atoms with Gasteiger partial charge in [-0.1, -0.05) is 102 Å². The molecular formula is C49H42N5OPt-3. The summed E-state index contributed by atoms with van der Waals surface area (Å²) in [4.78, 5) is 13.8. The molecule has 0 unspecified atom stereocenters. The van der Waals surface area contributed by atoms with Gasteiger partial charge in [-0.05, 0) is 69.3 Å². The van der Waals surface area contributed by atoms with E-state index in [1.54, 1.807) is 0 Å². The molecule has 56 heavy (non-hydrogen) atoms. The fourth-order valence-corrected chi connectivity index (χ4v) is 7.38. The van der Waals surface area contributed by atoms with E-state index < -0.39 is 0 Å². The van der Waals surface area contributed by atoms with E-state index >= 15 is 0 Å². The van der Waals surface area contributed by atoms with Gasteiger partial charge < -0.3 is 19.1 Å². The topological polar surface area (TPSA) is 46.4 Å². The first kappa shape index (κ1) is 37.2. The van der Waals surface area contributed by atoms with E-state index in [-0.39, 0.29) is 31.9 Å². The number of hydrogen-bond acceptors (Lipinski definition) is 5. The third kappa shape index (κ3) is 6.77. The van der Waals surface area contributed by atoms with Gasteiger partial charge in [0, 0.05) is 67.6 Å². The van der Waals surface area contributed by atoms with Crippen LogP contribution in [0.15, 0.2) is 140 Å². The van der Waals surface area contributed by atoms with Crippen LogP contribution in [0.2, 0.25) is 0 Å². The van der Waals surface area contributed by atoms with Gasteiger partial charge in [-0.3, -0.25) is 4.98 Å². The monoisotopic (exact) mass is 911 g/mol. The number of para-hydroxylation sites is 2. The molecule has 5 aromatic carbocycles. The number of rotatable bonds is 6. The Balaban J connectivity index is 0.00000441. The molecular weight excluding hydrogens is 870 g/mol. The fourth-order valence-electron chi connectivity index (χ4n) is 7.38. The van der Waals surface area contributed by atoms with Crippen molar-refractivity contribution >= 4 is 44.6 Å². The molecule has 0 aliphatic carbocycles. The number of nitrogens with zero attached hydrogens (tertiary/aromatic N) is 5. The Hall–Kier alpha value is -5.71. The van der Waals surface area contributed by atoms with Crippen LogP contribution in [0.3, 0.4) is 0 Å². The van der Waals surface area contributed by atoms with Gasteiger partial charge in [-0.2, -0.15) is 12.1 Å². The van der Waals surface area contributed by atoms with Crippen LogP contribution in [-0.2, 0) is 31.9 Å². The number of anilines is 4. The number of hydrogen-bond donors (Lipinski definition) is 0. The van der Waals surface area contributed by atoms with Crippen molar-refractivity contribution in [3.63, 3.8) is 0 Å². The van der Waals surface area contributed by atoms with Crippen LogP contribution in [0.25, 0.3) is 38.8 Å². The van der Waals surface area contributed by atoms with Gasteiger partial charge in [0.25, 0.3) is 0 Å². The minimum atomic E-state index is -0.0293. The zero-order chi connectivity index (χ0) is 37.9. The van der Waals surface area contributed by atoms with E-state index in [0.29, 0.717) is 11.5 Å². The van der Waals surface area contributed by atoms with E-state index in [4.69, 9.17) is 9.72 Å². The summed E-state index contributed by atoms with van der Waals surface area (Å²) in [5.41, 5.74) is 10.8. The molecule has 282 valence electrons. The average molecular weight is 912 g/mol. The minimum absolute atomic E-state index is 0. The van der Waals surface area contributed by atoms with Crippen molar-refractivity contribution in [1.82, 2.24) is 14.5 Å². The van der Waals surface area contributed by atoms with Crippen LogP contribution in [-0.4, -0.2) is 14.5 Å². The molecule has 3 aromatic heterocycles. The Bertz CT molecular complexity index is 2710. The summed E-state index contributed by atoms with van der Waals surface area (Å²) in [5, 5.41) is 2.14. The van der Waals surface area contributed by atoms with Crippen LogP contribution >= 0.6 is 0 Å². The van der Waals surface area contributed by atoms with Gasteiger partial charge in [-0.25, -0.2) is 4.98 Å². The molecule has 1 aliphatic rings. The maximum absolute atomic E-state index is 6.57. The molecule has 7 heteroatoms. The second-order valence-corrected chi connectivity index (χ2v) is 16.2. The van der Waals surface area contributed by atoms with Gasteiger partial charge >= 0.3 is 0 Å². The Morgan fingerprint density at radius 3 is 2.09 bits per heavy atom. The Kier molecular flexibility index (Phi) is 9.58. The molecule has 0 N–H and O–H groups in total. The van der Waals surface area contributed by atoms with Gasteiger partial charge in [0.05, 0.1) is 11.7 Å². The molecule has 0 amide bonds. The van der Waals surface area contributed by atoms with Crippen molar-refractivity contribution in [3.8, 4) is 28.4 Å². The van der Waals surface area contributed by atoms with Crippen LogP contribution < -0.4 is 14.5 Å². The van der Waals surface area contributed by atoms with Crippen molar-refractivity contribution in [2.24, 2.45) is 0 Å². The first-order valence-corrected chi connectivity index (χ1v) is 18.7. The number of aromatic nitrogens is 3. The number of ether oxygens (including phenoxy) is 1. The number of benzene rings is 5. The molecule has 0 fully saturated rings. The van der Waals surface area contributed by atoms with E-state index in [0.717, 1.165) is 50.4 Å². The van der Waals surface area contributed by atoms with E-state index in [1.807, 2.05) is 42.9 Å². The Morgan fingerprint density at radius 1 is 0.607 bits per heavy atom. The second kappa shape index (κ2) is 14.4. The van der Waals surface area contributed by atoms with Crippen molar-refractivity contribution < 1.29 is 25.8 Å². The molecule has 0 spiro atoms. The van der Waals surface area contributed by atoms with Crippen molar-refractivity contribution in [3.05, 3.63) is 170 Å². The molecule has 1 aliphatic heterocycles. The summed E-state index contributed by atoms with van der Waals surface area (Å²) in [6.07, 6.45) is 5.60. The van der Waals surface area contributed by atoms with Crippen molar-refractivity contribution in [1.29, 1.82) is 0 Å². The van der Waals surface area contributed by atoms with Gasteiger partial charge in [0.15, 0.2) is 0 Å². The summed E-state index contributed by atoms with van der Waals surface area (Å²) in [6, 6.07) is 49.5. The largest absolute Gasteiger partial charge is 0.509 e. The Labute approximate surface area is 343 Å². The zero-order valence-electron chi connectivity index (χ0n) is 32.3. The quantitative estimate of drug-likeness (QED) is 0.156. The first-order valence-electron chi connectivity index (χ1n) is 18.7. The summed E-state index contributed by atoms with van der Waals surface area (Å²) < 4.78 is 8.69. The summed E-state index contributed by atoms with van der Waals surface area (Å²) in [5.74, 6) is 2.00. The van der Waals surface area contributed by atoms with Gasteiger partial charge in [-0.15, -0.1) is 48.1 Å². The standard InChI is InChI=1S/C49H42N5O.Pt/c1-48(2,3)34-19-21-39(33-13-8-7-9-14-33)44(27-34)53-32-52(42-17-10-11-18-43(42)53)36-15-12-16-37(29-36)55-38-20-22-40-41-24-25-50-31-46(41)54(45(40)30-38)47-28-35(23-26-51-47)49(4,5)6;/h7-28,31-32H,1-6H3;/q-3;. The normalized spacial score (nSPS) is 12.9. The molecule has 8 aromatic rings. The van der Waals surface area contributed by atoms with Crippen LogP contribution in [0.1, 0.15) is 52.7 Å². The van der Waals surface area contributed by atoms with Gasteiger partial charge in [0.1, 0.15) is 5.82 Å². The molecule has 0 atom stereocenters. The molecule has 4 heterocycles. The van der Waals surface area contributed by atoms with Crippen molar-refractivity contribution in [2.45, 2.75) is 52.4 Å². The van der Waals surface area contributed by atoms with E-state index in [1.165, 1.54) is 22.3 Å². The molecule has 0 radical (unpaired) electrons. The third-order valence-electron chi connectivity index (χ3n) is 10.4. The zero-order valence-corrected chi connectivity index (χ0v) is 34.6. The average Bonchev–Trinajstić information content (AvgIpc) is 3.74. The van der Waals surface area contributed by atoms with Gasteiger partial charge in [0.2, 0.25) is 0 Å². The van der Waals surface area contributed by atoms with E-state index in [9.17, 15) is 0 Å². The molecule has 0 saturated carbocycles.